The summed E-state index contributed by atoms with van der Waals surface area (Å²) in [5, 5.41) is 9.76. The predicted octanol–water partition coefficient (Wildman–Crippen LogP) is 1.67. The van der Waals surface area contributed by atoms with Crippen LogP contribution in [0.4, 0.5) is 5.82 Å². The summed E-state index contributed by atoms with van der Waals surface area (Å²) in [6.07, 6.45) is 3.97. The van der Waals surface area contributed by atoms with E-state index in [1.54, 1.807) is 13.1 Å². The molecule has 0 radical (unpaired) electrons. The zero-order chi connectivity index (χ0) is 13.0. The summed E-state index contributed by atoms with van der Waals surface area (Å²) < 4.78 is 0. The van der Waals surface area contributed by atoms with E-state index < -0.39 is 6.10 Å². The van der Waals surface area contributed by atoms with E-state index in [1.165, 1.54) is 25.9 Å². The summed E-state index contributed by atoms with van der Waals surface area (Å²) in [7, 11) is 2.05. The highest BCUT2D eigenvalue weighted by molar-refractivity contribution is 5.47. The Kier molecular flexibility index (Phi) is 4.55. The van der Waals surface area contributed by atoms with Crippen LogP contribution in [0.25, 0.3) is 0 Å². The lowest BCUT2D eigenvalue weighted by molar-refractivity contribution is 0.199. The SMILES string of the molecule is CC(O)c1cccnc1N(C)CCN1CCCC1. The minimum atomic E-state index is -0.470. The molecule has 0 bridgehead atoms. The van der Waals surface area contributed by atoms with Crippen LogP contribution < -0.4 is 4.90 Å². The first-order chi connectivity index (χ1) is 8.68. The molecule has 4 nitrogen and oxygen atoms in total. The molecule has 1 atom stereocenters. The van der Waals surface area contributed by atoms with Crippen LogP contribution in [0, 0.1) is 0 Å². The van der Waals surface area contributed by atoms with E-state index in [9.17, 15) is 5.11 Å². The van der Waals surface area contributed by atoms with Gasteiger partial charge >= 0.3 is 0 Å². The van der Waals surface area contributed by atoms with Crippen molar-refractivity contribution in [2.75, 3.05) is 38.1 Å². The number of aliphatic hydroxyl groups excluding tert-OH is 1. The molecule has 100 valence electrons. The number of aliphatic hydroxyl groups is 1. The zero-order valence-electron chi connectivity index (χ0n) is 11.3. The molecule has 4 heteroatoms. The van der Waals surface area contributed by atoms with Gasteiger partial charge in [-0.3, -0.25) is 0 Å². The monoisotopic (exact) mass is 249 g/mol. The van der Waals surface area contributed by atoms with Gasteiger partial charge in [-0.15, -0.1) is 0 Å². The molecule has 1 fully saturated rings. The Morgan fingerprint density at radius 2 is 2.17 bits per heavy atom. The Morgan fingerprint density at radius 1 is 1.44 bits per heavy atom. The molecule has 0 amide bonds. The first-order valence-electron chi connectivity index (χ1n) is 6.75. The van der Waals surface area contributed by atoms with Crippen LogP contribution in [0.5, 0.6) is 0 Å². The van der Waals surface area contributed by atoms with Gasteiger partial charge in [-0.1, -0.05) is 6.07 Å². The van der Waals surface area contributed by atoms with Gasteiger partial charge in [0.2, 0.25) is 0 Å². The Hall–Kier alpha value is -1.13. The van der Waals surface area contributed by atoms with E-state index in [1.807, 2.05) is 19.2 Å². The Labute approximate surface area is 109 Å². The van der Waals surface area contributed by atoms with Gasteiger partial charge in [0, 0.05) is 31.9 Å². The van der Waals surface area contributed by atoms with E-state index >= 15 is 0 Å². The molecule has 1 unspecified atom stereocenters. The van der Waals surface area contributed by atoms with Crippen molar-refractivity contribution in [1.82, 2.24) is 9.88 Å². The second kappa shape index (κ2) is 6.16. The lowest BCUT2D eigenvalue weighted by atomic mass is 10.1. The van der Waals surface area contributed by atoms with Gasteiger partial charge in [0.05, 0.1) is 6.10 Å². The number of likely N-dealkylation sites (tertiary alicyclic amines) is 1. The molecule has 1 aliphatic heterocycles. The molecule has 1 aliphatic rings. The molecular formula is C14H23N3O. The minimum absolute atomic E-state index is 0.470. The van der Waals surface area contributed by atoms with Crippen molar-refractivity contribution in [3.05, 3.63) is 23.9 Å². The van der Waals surface area contributed by atoms with Crippen molar-refractivity contribution in [1.29, 1.82) is 0 Å². The van der Waals surface area contributed by atoms with E-state index in [4.69, 9.17) is 0 Å². The van der Waals surface area contributed by atoms with Crippen LogP contribution in [0.15, 0.2) is 18.3 Å². The van der Waals surface area contributed by atoms with Gasteiger partial charge in [0.25, 0.3) is 0 Å². The second-order valence-corrected chi connectivity index (χ2v) is 5.06. The Morgan fingerprint density at radius 3 is 2.83 bits per heavy atom. The normalized spacial score (nSPS) is 17.9. The van der Waals surface area contributed by atoms with Gasteiger partial charge in [-0.25, -0.2) is 4.98 Å². The van der Waals surface area contributed by atoms with E-state index in [-0.39, 0.29) is 0 Å². The third-order valence-corrected chi connectivity index (χ3v) is 3.58. The van der Waals surface area contributed by atoms with Gasteiger partial charge in [-0.2, -0.15) is 0 Å². The van der Waals surface area contributed by atoms with Crippen molar-refractivity contribution in [3.8, 4) is 0 Å². The number of hydrogen-bond donors (Lipinski definition) is 1. The zero-order valence-corrected chi connectivity index (χ0v) is 11.3. The molecule has 0 aliphatic carbocycles. The topological polar surface area (TPSA) is 39.6 Å². The Bertz CT molecular complexity index is 375. The minimum Gasteiger partial charge on any atom is -0.389 e. The molecule has 1 aromatic heterocycles. The predicted molar refractivity (Wildman–Crippen MR) is 73.8 cm³/mol. The molecule has 0 spiro atoms. The lowest BCUT2D eigenvalue weighted by Crippen LogP contribution is -2.32. The second-order valence-electron chi connectivity index (χ2n) is 5.06. The lowest BCUT2D eigenvalue weighted by Gasteiger charge is -2.24. The molecule has 1 N–H and O–H groups in total. The van der Waals surface area contributed by atoms with Crippen molar-refractivity contribution in [2.24, 2.45) is 0 Å². The molecule has 1 saturated heterocycles. The average molecular weight is 249 g/mol. The van der Waals surface area contributed by atoms with Crippen LogP contribution in [0.2, 0.25) is 0 Å². The first-order valence-corrected chi connectivity index (χ1v) is 6.75. The van der Waals surface area contributed by atoms with Crippen molar-refractivity contribution in [3.63, 3.8) is 0 Å². The largest absolute Gasteiger partial charge is 0.389 e. The smallest absolute Gasteiger partial charge is 0.134 e. The molecule has 0 saturated carbocycles. The molecule has 2 heterocycles. The van der Waals surface area contributed by atoms with E-state index in [0.29, 0.717) is 0 Å². The molecular weight excluding hydrogens is 226 g/mol. The summed E-state index contributed by atoms with van der Waals surface area (Å²) in [5.74, 6) is 0.895. The van der Waals surface area contributed by atoms with E-state index in [0.717, 1.165) is 24.5 Å². The van der Waals surface area contributed by atoms with Crippen LogP contribution in [0.3, 0.4) is 0 Å². The highest BCUT2D eigenvalue weighted by Crippen LogP contribution is 2.22. The summed E-state index contributed by atoms with van der Waals surface area (Å²) in [6.45, 7) is 6.26. The molecule has 1 aromatic rings. The molecule has 18 heavy (non-hydrogen) atoms. The number of pyridine rings is 1. The number of aromatic nitrogens is 1. The number of likely N-dealkylation sites (N-methyl/N-ethyl adjacent to an activating group) is 1. The number of nitrogens with zero attached hydrogens (tertiary/aromatic N) is 3. The number of anilines is 1. The maximum atomic E-state index is 9.76. The van der Waals surface area contributed by atoms with Gasteiger partial charge in [0.1, 0.15) is 5.82 Å². The average Bonchev–Trinajstić information content (AvgIpc) is 2.89. The van der Waals surface area contributed by atoms with Crippen LogP contribution in [-0.2, 0) is 0 Å². The van der Waals surface area contributed by atoms with Crippen LogP contribution >= 0.6 is 0 Å². The summed E-state index contributed by atoms with van der Waals surface area (Å²) in [4.78, 5) is 9.02. The standard InChI is InChI=1S/C14H23N3O/c1-12(18)13-6-5-7-15-14(13)16(2)10-11-17-8-3-4-9-17/h5-7,12,18H,3-4,8-11H2,1-2H3. The quantitative estimate of drug-likeness (QED) is 0.861. The highest BCUT2D eigenvalue weighted by atomic mass is 16.3. The third-order valence-electron chi connectivity index (χ3n) is 3.58. The number of rotatable bonds is 5. The Balaban J connectivity index is 1.97. The highest BCUT2D eigenvalue weighted by Gasteiger charge is 2.15. The maximum Gasteiger partial charge on any atom is 0.134 e. The fraction of sp³-hybridized carbons (Fsp3) is 0.643. The fourth-order valence-corrected chi connectivity index (χ4v) is 2.46. The third kappa shape index (κ3) is 3.21. The molecule has 0 aromatic carbocycles. The maximum absolute atomic E-state index is 9.76. The fourth-order valence-electron chi connectivity index (χ4n) is 2.46. The van der Waals surface area contributed by atoms with Crippen molar-refractivity contribution >= 4 is 5.82 Å². The van der Waals surface area contributed by atoms with Gasteiger partial charge < -0.3 is 14.9 Å². The summed E-state index contributed by atoms with van der Waals surface area (Å²) in [5.41, 5.74) is 0.904. The molecule has 2 rings (SSSR count). The van der Waals surface area contributed by atoms with Gasteiger partial charge in [0.15, 0.2) is 0 Å². The first kappa shape index (κ1) is 13.3. The summed E-state index contributed by atoms with van der Waals surface area (Å²) >= 11 is 0. The van der Waals surface area contributed by atoms with Crippen LogP contribution in [-0.4, -0.2) is 48.2 Å². The van der Waals surface area contributed by atoms with Crippen molar-refractivity contribution in [2.45, 2.75) is 25.9 Å². The number of hydrogen-bond acceptors (Lipinski definition) is 4. The summed E-state index contributed by atoms with van der Waals surface area (Å²) in [6, 6.07) is 3.82. The van der Waals surface area contributed by atoms with Crippen LogP contribution in [0.1, 0.15) is 31.4 Å². The van der Waals surface area contributed by atoms with Gasteiger partial charge in [-0.05, 0) is 38.9 Å². The van der Waals surface area contributed by atoms with E-state index in [2.05, 4.69) is 14.8 Å². The van der Waals surface area contributed by atoms with Crippen molar-refractivity contribution < 1.29 is 5.11 Å².